The van der Waals surface area contributed by atoms with Crippen LogP contribution in [0.2, 0.25) is 15.1 Å². The summed E-state index contributed by atoms with van der Waals surface area (Å²) in [5.41, 5.74) is -0.220. The van der Waals surface area contributed by atoms with E-state index in [1.54, 1.807) is 42.5 Å². The summed E-state index contributed by atoms with van der Waals surface area (Å²) in [5, 5.41) is 7.14. The van der Waals surface area contributed by atoms with Crippen LogP contribution in [-0.4, -0.2) is 38.0 Å². The number of anilines is 1. The van der Waals surface area contributed by atoms with Gasteiger partial charge >= 0.3 is 0 Å². The van der Waals surface area contributed by atoms with Gasteiger partial charge in [0.25, 0.3) is 5.91 Å². The van der Waals surface area contributed by atoms with E-state index in [1.165, 1.54) is 19.9 Å². The van der Waals surface area contributed by atoms with Gasteiger partial charge in [0.1, 0.15) is 11.2 Å². The van der Waals surface area contributed by atoms with E-state index in [-0.39, 0.29) is 24.0 Å². The first-order chi connectivity index (χ1) is 20.0. The first kappa shape index (κ1) is 31.1. The minimum absolute atomic E-state index is 0.141. The number of carbonyl (C=O) groups excluding carboxylic acids is 3. The zero-order valence-corrected chi connectivity index (χ0v) is 26.6. The number of piperidine rings is 1. The lowest BCUT2D eigenvalue weighted by molar-refractivity contribution is -0.133. The van der Waals surface area contributed by atoms with Crippen LogP contribution in [0, 0.1) is 6.92 Å². The topological polar surface area (TPSA) is 131 Å². The first-order valence-corrected chi connectivity index (χ1v) is 16.2. The van der Waals surface area contributed by atoms with Crippen LogP contribution in [0.15, 0.2) is 54.6 Å². The second-order valence-electron chi connectivity index (χ2n) is 11.3. The maximum atomic E-state index is 14.4. The second-order valence-corrected chi connectivity index (χ2v) is 14.3. The number of hydrogen-bond acceptors (Lipinski definition) is 6. The summed E-state index contributed by atoms with van der Waals surface area (Å²) in [6, 6.07) is 14.1. The van der Waals surface area contributed by atoms with Gasteiger partial charge in [-0.15, -0.1) is 0 Å². The molecule has 1 saturated heterocycles. The quantitative estimate of drug-likeness (QED) is 0.323. The number of nitrogens with one attached hydrogen (secondary N) is 3. The van der Waals surface area contributed by atoms with E-state index in [0.29, 0.717) is 37.4 Å². The molecule has 1 spiro atoms. The molecule has 3 N–H and O–H groups in total. The normalized spacial score (nSPS) is 21.7. The molecule has 5 rings (SSSR count). The first-order valence-electron chi connectivity index (χ1n) is 13.2. The summed E-state index contributed by atoms with van der Waals surface area (Å²) >= 11 is 19.2. The molecule has 2 heterocycles. The van der Waals surface area contributed by atoms with Gasteiger partial charge in [-0.1, -0.05) is 46.9 Å². The largest absolute Gasteiger partial charge is 0.478 e. The van der Waals surface area contributed by atoms with Crippen molar-refractivity contribution >= 4 is 68.2 Å². The number of fused-ring (bicyclic) bond motifs is 2. The molecule has 1 fully saturated rings. The summed E-state index contributed by atoms with van der Waals surface area (Å²) in [4.78, 5) is 40.8. The Kier molecular flexibility index (Phi) is 7.96. The van der Waals surface area contributed by atoms with E-state index >= 15 is 0 Å². The van der Waals surface area contributed by atoms with Crippen LogP contribution in [0.25, 0.3) is 0 Å². The van der Waals surface area contributed by atoms with Crippen LogP contribution in [0.3, 0.4) is 0 Å². The van der Waals surface area contributed by atoms with E-state index in [4.69, 9.17) is 39.5 Å². The average molecular weight is 665 g/mol. The summed E-state index contributed by atoms with van der Waals surface area (Å²) in [6.07, 6.45) is 0.720. The molecule has 0 unspecified atom stereocenters. The highest BCUT2D eigenvalue weighted by Gasteiger charge is 2.62. The van der Waals surface area contributed by atoms with E-state index < -0.39 is 38.9 Å². The average Bonchev–Trinajstić information content (AvgIpc) is 3.17. The smallest absolute Gasteiger partial charge is 0.277 e. The number of halogens is 3. The molecule has 3 aromatic carbocycles. The monoisotopic (exact) mass is 663 g/mol. The fourth-order valence-electron chi connectivity index (χ4n) is 5.94. The Bertz CT molecular complexity index is 1800. The van der Waals surface area contributed by atoms with Crippen molar-refractivity contribution < 1.29 is 27.5 Å². The lowest BCUT2D eigenvalue weighted by Crippen LogP contribution is -2.57. The number of sulfonamides is 1. The molecule has 0 bridgehead atoms. The van der Waals surface area contributed by atoms with Crippen molar-refractivity contribution in [3.63, 3.8) is 0 Å². The van der Waals surface area contributed by atoms with Gasteiger partial charge in [-0.25, -0.2) is 13.1 Å². The van der Waals surface area contributed by atoms with E-state index in [9.17, 15) is 22.8 Å². The molecule has 9 nitrogen and oxygen atoms in total. The summed E-state index contributed by atoms with van der Waals surface area (Å²) in [7, 11) is -3.88. The minimum Gasteiger partial charge on any atom is -0.478 e. The highest BCUT2D eigenvalue weighted by molar-refractivity contribution is 7.89. The van der Waals surface area contributed by atoms with Gasteiger partial charge in [-0.2, -0.15) is 0 Å². The Hall–Kier alpha value is -3.31. The maximum Gasteiger partial charge on any atom is 0.277 e. The van der Waals surface area contributed by atoms with E-state index in [2.05, 4.69) is 10.6 Å². The number of hydrogen-bond donors (Lipinski definition) is 3. The highest BCUT2D eigenvalue weighted by atomic mass is 35.5. The Morgan fingerprint density at radius 1 is 0.977 bits per heavy atom. The number of amides is 3. The minimum atomic E-state index is -3.88. The third-order valence-electron chi connectivity index (χ3n) is 7.84. The van der Waals surface area contributed by atoms with Gasteiger partial charge in [0.15, 0.2) is 5.60 Å². The van der Waals surface area contributed by atoms with Crippen molar-refractivity contribution in [2.45, 2.75) is 50.2 Å². The SMILES string of the molecule is Cc1ccc(Cl)cc1[C@H]1NC(=O)C[C@@H](c2cc(Cl)ccc2OC(C)(C)C(=O)NS(C)(=O)=O)[C@]12C(=O)Nc1cc(Cl)ccc12. The van der Waals surface area contributed by atoms with Crippen LogP contribution < -0.4 is 20.1 Å². The predicted molar refractivity (Wildman–Crippen MR) is 165 cm³/mol. The third-order valence-corrected chi connectivity index (χ3v) is 9.10. The zero-order chi connectivity index (χ0) is 31.5. The molecule has 2 aliphatic heterocycles. The molecule has 0 saturated carbocycles. The standard InChI is InChI=1S/C30H28Cl3N3O6S/c1-15-5-6-16(31)11-19(15)26-30(21-9-7-18(33)13-23(21)34-28(30)39)22(14-25(37)35-26)20-12-17(32)8-10-24(20)42-29(2,3)27(38)36-43(4,40)41/h5-13,22,26H,14H2,1-4H3,(H,34,39)(H,35,37)(H,36,38)/t22-,26+,30-/m0/s1. The molecule has 3 aromatic rings. The molecule has 0 radical (unpaired) electrons. The Labute approximate surface area is 264 Å². The fourth-order valence-corrected chi connectivity index (χ4v) is 7.06. The van der Waals surface area contributed by atoms with Crippen molar-refractivity contribution in [1.82, 2.24) is 10.0 Å². The number of carbonyl (C=O) groups is 3. The lowest BCUT2D eigenvalue weighted by Gasteiger charge is -2.47. The number of aryl methyl sites for hydroxylation is 1. The van der Waals surface area contributed by atoms with E-state index in [1.807, 2.05) is 17.7 Å². The predicted octanol–water partition coefficient (Wildman–Crippen LogP) is 5.42. The molecule has 226 valence electrons. The van der Waals surface area contributed by atoms with Crippen LogP contribution in [0.1, 0.15) is 54.5 Å². The molecule has 3 atom stereocenters. The number of ether oxygens (including phenoxy) is 1. The van der Waals surface area contributed by atoms with Crippen LogP contribution in [-0.2, 0) is 29.8 Å². The summed E-state index contributed by atoms with van der Waals surface area (Å²) in [6.45, 7) is 4.68. The molecular formula is C30H28Cl3N3O6S. The lowest BCUT2D eigenvalue weighted by atomic mass is 9.59. The van der Waals surface area contributed by atoms with Gasteiger partial charge in [0.2, 0.25) is 21.8 Å². The fraction of sp³-hybridized carbons (Fsp3) is 0.300. The maximum absolute atomic E-state index is 14.4. The molecule has 0 aliphatic carbocycles. The molecule has 13 heteroatoms. The van der Waals surface area contributed by atoms with Crippen molar-refractivity contribution in [3.05, 3.63) is 91.9 Å². The van der Waals surface area contributed by atoms with Crippen LogP contribution in [0.4, 0.5) is 5.69 Å². The Morgan fingerprint density at radius 3 is 2.26 bits per heavy atom. The van der Waals surface area contributed by atoms with Crippen molar-refractivity contribution in [1.29, 1.82) is 0 Å². The van der Waals surface area contributed by atoms with Gasteiger partial charge in [-0.3, -0.25) is 14.4 Å². The molecule has 0 aromatic heterocycles. The molecule has 2 aliphatic rings. The van der Waals surface area contributed by atoms with Crippen molar-refractivity contribution in [3.8, 4) is 5.75 Å². The van der Waals surface area contributed by atoms with Crippen molar-refractivity contribution in [2.75, 3.05) is 11.6 Å². The number of benzene rings is 3. The van der Waals surface area contributed by atoms with Gasteiger partial charge in [0.05, 0.1) is 12.3 Å². The molecule has 3 amide bonds. The zero-order valence-electron chi connectivity index (χ0n) is 23.5. The summed E-state index contributed by atoms with van der Waals surface area (Å²) < 4.78 is 31.7. The summed E-state index contributed by atoms with van der Waals surface area (Å²) in [5.74, 6) is -2.35. The third kappa shape index (κ3) is 5.69. The van der Waals surface area contributed by atoms with Crippen molar-refractivity contribution in [2.24, 2.45) is 0 Å². The molecular weight excluding hydrogens is 637 g/mol. The van der Waals surface area contributed by atoms with Crippen LogP contribution in [0.5, 0.6) is 5.75 Å². The van der Waals surface area contributed by atoms with Crippen LogP contribution >= 0.6 is 34.8 Å². The van der Waals surface area contributed by atoms with Gasteiger partial charge in [-0.05, 0) is 79.9 Å². The highest BCUT2D eigenvalue weighted by Crippen LogP contribution is 2.59. The van der Waals surface area contributed by atoms with Gasteiger partial charge < -0.3 is 15.4 Å². The number of rotatable bonds is 6. The second kappa shape index (κ2) is 11.0. The Morgan fingerprint density at radius 2 is 1.58 bits per heavy atom. The Balaban J connectivity index is 1.76. The van der Waals surface area contributed by atoms with E-state index in [0.717, 1.165) is 11.8 Å². The molecule has 43 heavy (non-hydrogen) atoms. The van der Waals surface area contributed by atoms with Gasteiger partial charge in [0, 0.05) is 38.7 Å².